The van der Waals surface area contributed by atoms with E-state index in [9.17, 15) is 0 Å². The van der Waals surface area contributed by atoms with E-state index in [1.807, 2.05) is 11.3 Å². The molecule has 2 heterocycles. The van der Waals surface area contributed by atoms with Crippen molar-refractivity contribution in [1.29, 1.82) is 0 Å². The van der Waals surface area contributed by atoms with Gasteiger partial charge in [0, 0.05) is 31.6 Å². The fourth-order valence-electron chi connectivity index (χ4n) is 8.16. The molecule has 11 rings (SSSR count). The van der Waals surface area contributed by atoms with E-state index < -0.39 is 0 Å². The van der Waals surface area contributed by atoms with Crippen LogP contribution in [0.5, 0.6) is 0 Å². The van der Waals surface area contributed by atoms with E-state index in [0.29, 0.717) is 0 Å². The van der Waals surface area contributed by atoms with Crippen molar-refractivity contribution in [2.75, 3.05) is 0 Å². The van der Waals surface area contributed by atoms with Gasteiger partial charge < -0.3 is 4.42 Å². The number of hydrogen-bond donors (Lipinski definition) is 0. The minimum atomic E-state index is 0.971. The van der Waals surface area contributed by atoms with Crippen LogP contribution in [0.4, 0.5) is 0 Å². The summed E-state index contributed by atoms with van der Waals surface area (Å²) in [7, 11) is 0. The molecule has 0 saturated heterocycles. The third-order valence-corrected chi connectivity index (χ3v) is 11.6. The van der Waals surface area contributed by atoms with E-state index in [2.05, 4.69) is 170 Å². The van der Waals surface area contributed by atoms with Crippen molar-refractivity contribution in [3.8, 4) is 33.4 Å². The smallest absolute Gasteiger partial charge is 0.153 e. The van der Waals surface area contributed by atoms with E-state index in [4.69, 9.17) is 4.42 Å². The zero-order chi connectivity index (χ0) is 32.8. The lowest BCUT2D eigenvalue weighted by Crippen LogP contribution is -1.90. The molecule has 0 saturated carbocycles. The number of rotatable bonds is 3. The van der Waals surface area contributed by atoms with Crippen LogP contribution in [0.15, 0.2) is 174 Å². The number of fused-ring (bicyclic) bond motifs is 11. The maximum atomic E-state index is 6.68. The number of thiophene rings is 1. The predicted octanol–water partition coefficient (Wildman–Crippen LogP) is 14.4. The summed E-state index contributed by atoms with van der Waals surface area (Å²) in [4.78, 5) is 0. The van der Waals surface area contributed by atoms with Crippen molar-refractivity contribution in [3.05, 3.63) is 170 Å². The van der Waals surface area contributed by atoms with Gasteiger partial charge in [0.25, 0.3) is 0 Å². The van der Waals surface area contributed by atoms with E-state index in [1.165, 1.54) is 91.3 Å². The highest BCUT2D eigenvalue weighted by molar-refractivity contribution is 7.26. The van der Waals surface area contributed by atoms with E-state index >= 15 is 0 Å². The molecule has 0 unspecified atom stereocenters. The molecule has 2 aromatic heterocycles. The SMILES string of the molecule is c1ccc(-c2c3ccccc3c(-c3ccc(-c4ccc5c(c4)sc4c5ccc5c6ccc7ccccc7c6oc54)cc3)c3ccccc23)cc1. The molecule has 0 aliphatic heterocycles. The Morgan fingerprint density at radius 3 is 1.52 bits per heavy atom. The third-order valence-electron chi connectivity index (χ3n) is 10.5. The van der Waals surface area contributed by atoms with Crippen LogP contribution < -0.4 is 0 Å². The first kappa shape index (κ1) is 27.7. The summed E-state index contributed by atoms with van der Waals surface area (Å²) in [5.41, 5.74) is 9.43. The Morgan fingerprint density at radius 2 is 0.820 bits per heavy atom. The Labute approximate surface area is 292 Å². The van der Waals surface area contributed by atoms with Gasteiger partial charge in [0.15, 0.2) is 5.58 Å². The van der Waals surface area contributed by atoms with Crippen molar-refractivity contribution >= 4 is 85.8 Å². The normalized spacial score (nSPS) is 12.0. The van der Waals surface area contributed by atoms with Gasteiger partial charge >= 0.3 is 0 Å². The molecule has 0 bridgehead atoms. The Morgan fingerprint density at radius 1 is 0.320 bits per heavy atom. The monoisotopic (exact) mass is 652 g/mol. The summed E-state index contributed by atoms with van der Waals surface area (Å²) in [6.45, 7) is 0. The highest BCUT2D eigenvalue weighted by Crippen LogP contribution is 2.46. The second kappa shape index (κ2) is 10.6. The van der Waals surface area contributed by atoms with Crippen LogP contribution in [0, 0.1) is 0 Å². The lowest BCUT2D eigenvalue weighted by Gasteiger charge is -2.18. The maximum Gasteiger partial charge on any atom is 0.153 e. The molecule has 0 N–H and O–H groups in total. The van der Waals surface area contributed by atoms with Gasteiger partial charge in [-0.15, -0.1) is 11.3 Å². The molecule has 9 aromatic carbocycles. The average Bonchev–Trinajstić information content (AvgIpc) is 3.76. The van der Waals surface area contributed by atoms with Gasteiger partial charge in [-0.05, 0) is 78.5 Å². The van der Waals surface area contributed by atoms with E-state index in [0.717, 1.165) is 16.6 Å². The molecule has 0 amide bonds. The average molecular weight is 653 g/mol. The maximum absolute atomic E-state index is 6.68. The summed E-state index contributed by atoms with van der Waals surface area (Å²) < 4.78 is 9.16. The molecule has 0 atom stereocenters. The Balaban J connectivity index is 1.04. The molecule has 11 aromatic rings. The molecule has 0 fully saturated rings. The Bertz CT molecular complexity index is 3070. The molecule has 0 aliphatic rings. The fourth-order valence-corrected chi connectivity index (χ4v) is 9.39. The molecule has 0 radical (unpaired) electrons. The molecule has 1 nitrogen and oxygen atoms in total. The Hall–Kier alpha value is -6.22. The van der Waals surface area contributed by atoms with Crippen LogP contribution in [-0.4, -0.2) is 0 Å². The quantitative estimate of drug-likeness (QED) is 0.173. The van der Waals surface area contributed by atoms with Gasteiger partial charge in [0.1, 0.15) is 5.58 Å². The summed E-state index contributed by atoms with van der Waals surface area (Å²) in [6.07, 6.45) is 0. The standard InChI is InChI=1S/C48H28OS/c1-2-11-31(12-3-1)44-36-14-6-8-16-38(36)45(39-17-9-7-15-37(39)44)32-20-18-29(19-21-32)33-23-24-35-42-27-26-41-40-25-22-30-10-4-5-13-34(30)46(40)49-47(41)48(42)50-43(35)28-33/h1-28H. The first-order valence-electron chi connectivity index (χ1n) is 17.1. The van der Waals surface area contributed by atoms with Crippen molar-refractivity contribution < 1.29 is 4.42 Å². The molecule has 0 aliphatic carbocycles. The van der Waals surface area contributed by atoms with Gasteiger partial charge in [-0.25, -0.2) is 0 Å². The second-order valence-electron chi connectivity index (χ2n) is 13.2. The lowest BCUT2D eigenvalue weighted by molar-refractivity contribution is 0.677. The van der Waals surface area contributed by atoms with Crippen LogP contribution in [0.3, 0.4) is 0 Å². The zero-order valence-electron chi connectivity index (χ0n) is 27.0. The van der Waals surface area contributed by atoms with Crippen molar-refractivity contribution in [2.45, 2.75) is 0 Å². The van der Waals surface area contributed by atoms with Crippen LogP contribution in [-0.2, 0) is 0 Å². The second-order valence-corrected chi connectivity index (χ2v) is 14.2. The van der Waals surface area contributed by atoms with Crippen LogP contribution in [0.2, 0.25) is 0 Å². The topological polar surface area (TPSA) is 13.1 Å². The molecular formula is C48H28OS. The molecule has 2 heteroatoms. The molecular weight excluding hydrogens is 625 g/mol. The summed E-state index contributed by atoms with van der Waals surface area (Å²) in [5, 5.41) is 12.3. The highest BCUT2D eigenvalue weighted by Gasteiger charge is 2.18. The first-order chi connectivity index (χ1) is 24.8. The third kappa shape index (κ3) is 4.00. The minimum Gasteiger partial charge on any atom is -0.454 e. The largest absolute Gasteiger partial charge is 0.454 e. The number of benzene rings is 9. The lowest BCUT2D eigenvalue weighted by atomic mass is 9.86. The molecule has 0 spiro atoms. The fraction of sp³-hybridized carbons (Fsp3) is 0. The van der Waals surface area contributed by atoms with Gasteiger partial charge in [0.2, 0.25) is 0 Å². The highest BCUT2D eigenvalue weighted by atomic mass is 32.1. The minimum absolute atomic E-state index is 0.971. The van der Waals surface area contributed by atoms with E-state index in [-0.39, 0.29) is 0 Å². The first-order valence-corrected chi connectivity index (χ1v) is 17.9. The van der Waals surface area contributed by atoms with Crippen LogP contribution >= 0.6 is 11.3 Å². The summed E-state index contributed by atoms with van der Waals surface area (Å²) in [6, 6.07) is 61.9. The molecule has 50 heavy (non-hydrogen) atoms. The summed E-state index contributed by atoms with van der Waals surface area (Å²) in [5.74, 6) is 0. The van der Waals surface area contributed by atoms with Crippen molar-refractivity contribution in [2.24, 2.45) is 0 Å². The number of hydrogen-bond acceptors (Lipinski definition) is 2. The van der Waals surface area contributed by atoms with Crippen LogP contribution in [0.25, 0.3) is 108 Å². The van der Waals surface area contributed by atoms with Crippen molar-refractivity contribution in [3.63, 3.8) is 0 Å². The van der Waals surface area contributed by atoms with Gasteiger partial charge in [0.05, 0.1) is 4.70 Å². The van der Waals surface area contributed by atoms with Gasteiger partial charge in [-0.3, -0.25) is 0 Å². The molecule has 232 valence electrons. The zero-order valence-corrected chi connectivity index (χ0v) is 27.8. The van der Waals surface area contributed by atoms with Gasteiger partial charge in [-0.1, -0.05) is 152 Å². The Kier molecular flexibility index (Phi) is 5.89. The number of furan rings is 1. The van der Waals surface area contributed by atoms with Crippen molar-refractivity contribution in [1.82, 2.24) is 0 Å². The van der Waals surface area contributed by atoms with Gasteiger partial charge in [-0.2, -0.15) is 0 Å². The van der Waals surface area contributed by atoms with E-state index in [1.54, 1.807) is 0 Å². The van der Waals surface area contributed by atoms with Crippen LogP contribution in [0.1, 0.15) is 0 Å². The summed E-state index contributed by atoms with van der Waals surface area (Å²) >= 11 is 1.83. The predicted molar refractivity (Wildman–Crippen MR) is 215 cm³/mol.